The predicted molar refractivity (Wildman–Crippen MR) is 73.2 cm³/mol. The van der Waals surface area contributed by atoms with Crippen LogP contribution in [0, 0.1) is 12.8 Å². The van der Waals surface area contributed by atoms with Crippen molar-refractivity contribution in [2.75, 3.05) is 26.7 Å². The Bertz CT molecular complexity index is 362. The van der Waals surface area contributed by atoms with E-state index in [9.17, 15) is 0 Å². The lowest BCUT2D eigenvalue weighted by Crippen LogP contribution is -2.32. The highest BCUT2D eigenvalue weighted by Gasteiger charge is 2.21. The minimum atomic E-state index is 0.459. The van der Waals surface area contributed by atoms with Crippen LogP contribution >= 0.6 is 0 Å². The fourth-order valence-corrected chi connectivity index (χ4v) is 2.70. The number of hydrogen-bond donors (Lipinski definition) is 1. The van der Waals surface area contributed by atoms with Crippen molar-refractivity contribution in [3.05, 3.63) is 35.4 Å². The van der Waals surface area contributed by atoms with Gasteiger partial charge in [0.25, 0.3) is 0 Å². The fraction of sp³-hybridized carbons (Fsp3) is 0.600. The Hall–Kier alpha value is -0.860. The average molecular weight is 232 g/mol. The van der Waals surface area contributed by atoms with Gasteiger partial charge in [0.05, 0.1) is 0 Å². The molecule has 17 heavy (non-hydrogen) atoms. The quantitative estimate of drug-likeness (QED) is 0.858. The van der Waals surface area contributed by atoms with Crippen LogP contribution in [-0.2, 0) is 0 Å². The van der Waals surface area contributed by atoms with E-state index in [4.69, 9.17) is 0 Å². The second-order valence-electron chi connectivity index (χ2n) is 5.41. The minimum absolute atomic E-state index is 0.459. The van der Waals surface area contributed by atoms with Crippen LogP contribution in [0.2, 0.25) is 0 Å². The molecule has 0 spiro atoms. The number of benzene rings is 1. The van der Waals surface area contributed by atoms with Crippen LogP contribution in [0.15, 0.2) is 24.3 Å². The summed E-state index contributed by atoms with van der Waals surface area (Å²) >= 11 is 0. The molecule has 2 nitrogen and oxygen atoms in total. The van der Waals surface area contributed by atoms with Gasteiger partial charge >= 0.3 is 0 Å². The van der Waals surface area contributed by atoms with E-state index in [0.717, 1.165) is 12.5 Å². The summed E-state index contributed by atoms with van der Waals surface area (Å²) < 4.78 is 0. The zero-order valence-corrected chi connectivity index (χ0v) is 11.2. The number of nitrogens with one attached hydrogen (secondary N) is 1. The molecule has 0 aliphatic carbocycles. The fourth-order valence-electron chi connectivity index (χ4n) is 2.70. The first-order valence-corrected chi connectivity index (χ1v) is 6.65. The number of rotatable bonds is 4. The molecule has 0 saturated carbocycles. The predicted octanol–water partition coefficient (Wildman–Crippen LogP) is 2.60. The summed E-state index contributed by atoms with van der Waals surface area (Å²) in [5, 5.41) is 3.45. The lowest BCUT2D eigenvalue weighted by atomic mass is 10.0. The van der Waals surface area contributed by atoms with Gasteiger partial charge in [0.1, 0.15) is 0 Å². The number of hydrogen-bond acceptors (Lipinski definition) is 2. The van der Waals surface area contributed by atoms with Crippen molar-refractivity contribution < 1.29 is 0 Å². The lowest BCUT2D eigenvalue weighted by Gasteiger charge is -2.24. The van der Waals surface area contributed by atoms with Gasteiger partial charge in [-0.05, 0) is 38.4 Å². The van der Waals surface area contributed by atoms with E-state index in [-0.39, 0.29) is 0 Å². The summed E-state index contributed by atoms with van der Waals surface area (Å²) in [7, 11) is 2.06. The minimum Gasteiger partial charge on any atom is -0.312 e. The van der Waals surface area contributed by atoms with Crippen molar-refractivity contribution in [1.29, 1.82) is 0 Å². The molecule has 0 bridgehead atoms. The molecule has 2 atom stereocenters. The monoisotopic (exact) mass is 232 g/mol. The van der Waals surface area contributed by atoms with Crippen LogP contribution in [0.4, 0.5) is 0 Å². The molecule has 2 rings (SSSR count). The van der Waals surface area contributed by atoms with Gasteiger partial charge < -0.3 is 10.2 Å². The van der Waals surface area contributed by atoms with Crippen molar-refractivity contribution in [2.45, 2.75) is 26.3 Å². The van der Waals surface area contributed by atoms with Crippen molar-refractivity contribution in [1.82, 2.24) is 10.2 Å². The molecule has 1 aliphatic heterocycles. The van der Waals surface area contributed by atoms with E-state index in [1.165, 1.54) is 30.6 Å². The highest BCUT2D eigenvalue weighted by Crippen LogP contribution is 2.20. The highest BCUT2D eigenvalue weighted by molar-refractivity contribution is 5.25. The summed E-state index contributed by atoms with van der Waals surface area (Å²) in [4.78, 5) is 2.58. The van der Waals surface area contributed by atoms with Crippen LogP contribution in [0.1, 0.15) is 30.5 Å². The van der Waals surface area contributed by atoms with E-state index in [1.807, 2.05) is 0 Å². The van der Waals surface area contributed by atoms with Gasteiger partial charge in [-0.3, -0.25) is 0 Å². The molecule has 94 valence electrons. The maximum Gasteiger partial charge on any atom is 0.0446 e. The molecule has 1 saturated heterocycles. The Kier molecular flexibility index (Phi) is 4.19. The molecule has 2 unspecified atom stereocenters. The van der Waals surface area contributed by atoms with Gasteiger partial charge in [-0.1, -0.05) is 36.8 Å². The summed E-state index contributed by atoms with van der Waals surface area (Å²) in [5.74, 6) is 0.866. The van der Waals surface area contributed by atoms with Crippen LogP contribution in [0.5, 0.6) is 0 Å². The summed E-state index contributed by atoms with van der Waals surface area (Å²) in [6.07, 6.45) is 1.35. The maximum absolute atomic E-state index is 3.45. The normalized spacial score (nSPS) is 22.9. The first kappa shape index (κ1) is 12.6. The van der Waals surface area contributed by atoms with Gasteiger partial charge in [-0.2, -0.15) is 0 Å². The molecule has 0 amide bonds. The van der Waals surface area contributed by atoms with Crippen molar-refractivity contribution in [3.8, 4) is 0 Å². The molecule has 1 aromatic carbocycles. The molecule has 2 heteroatoms. The van der Waals surface area contributed by atoms with Crippen LogP contribution in [-0.4, -0.2) is 31.6 Å². The lowest BCUT2D eigenvalue weighted by molar-refractivity contribution is 0.291. The zero-order chi connectivity index (χ0) is 12.3. The van der Waals surface area contributed by atoms with Crippen molar-refractivity contribution in [3.63, 3.8) is 0 Å². The van der Waals surface area contributed by atoms with Crippen LogP contribution in [0.3, 0.4) is 0 Å². The molecule has 0 radical (unpaired) electrons. The molecule has 1 fully saturated rings. The third kappa shape index (κ3) is 3.30. The van der Waals surface area contributed by atoms with Gasteiger partial charge in [0, 0.05) is 19.1 Å². The SMILES string of the molecule is CNC(CN1CCC(C)C1)c1cccc(C)c1. The Balaban J connectivity index is 2.01. The van der Waals surface area contributed by atoms with Gasteiger partial charge in [-0.15, -0.1) is 0 Å². The number of aryl methyl sites for hydroxylation is 1. The van der Waals surface area contributed by atoms with Crippen molar-refractivity contribution >= 4 is 0 Å². The van der Waals surface area contributed by atoms with Crippen LogP contribution in [0.25, 0.3) is 0 Å². The van der Waals surface area contributed by atoms with E-state index in [0.29, 0.717) is 6.04 Å². The summed E-state index contributed by atoms with van der Waals surface area (Å²) in [5.41, 5.74) is 2.75. The Morgan fingerprint density at radius 1 is 1.47 bits per heavy atom. The van der Waals surface area contributed by atoms with E-state index >= 15 is 0 Å². The van der Waals surface area contributed by atoms with Gasteiger partial charge in [0.2, 0.25) is 0 Å². The third-order valence-electron chi connectivity index (χ3n) is 3.74. The standard InChI is InChI=1S/C15H24N2/c1-12-5-4-6-14(9-12)15(16-3)11-17-8-7-13(2)10-17/h4-6,9,13,15-16H,7-8,10-11H2,1-3H3. The average Bonchev–Trinajstić information content (AvgIpc) is 2.72. The Morgan fingerprint density at radius 3 is 2.88 bits per heavy atom. The molecule has 1 aromatic rings. The molecule has 1 aliphatic rings. The van der Waals surface area contributed by atoms with Crippen molar-refractivity contribution in [2.24, 2.45) is 5.92 Å². The number of likely N-dealkylation sites (N-methyl/N-ethyl adjacent to an activating group) is 1. The molecule has 1 N–H and O–H groups in total. The van der Waals surface area contributed by atoms with Crippen LogP contribution < -0.4 is 5.32 Å². The highest BCUT2D eigenvalue weighted by atomic mass is 15.2. The summed E-state index contributed by atoms with van der Waals surface area (Å²) in [6, 6.07) is 9.30. The molecular weight excluding hydrogens is 208 g/mol. The van der Waals surface area contributed by atoms with E-state index in [1.54, 1.807) is 0 Å². The maximum atomic E-state index is 3.45. The topological polar surface area (TPSA) is 15.3 Å². The first-order valence-electron chi connectivity index (χ1n) is 6.65. The second-order valence-corrected chi connectivity index (χ2v) is 5.41. The van der Waals surface area contributed by atoms with Gasteiger partial charge in [-0.25, -0.2) is 0 Å². The third-order valence-corrected chi connectivity index (χ3v) is 3.74. The largest absolute Gasteiger partial charge is 0.312 e. The smallest absolute Gasteiger partial charge is 0.0446 e. The Morgan fingerprint density at radius 2 is 2.29 bits per heavy atom. The second kappa shape index (κ2) is 5.65. The molecule has 1 heterocycles. The van der Waals surface area contributed by atoms with E-state index in [2.05, 4.69) is 55.4 Å². The molecular formula is C15H24N2. The Labute approximate surface area is 105 Å². The first-order chi connectivity index (χ1) is 8.19. The van der Waals surface area contributed by atoms with E-state index < -0.39 is 0 Å². The van der Waals surface area contributed by atoms with Gasteiger partial charge in [0.15, 0.2) is 0 Å². The number of likely N-dealkylation sites (tertiary alicyclic amines) is 1. The molecule has 0 aromatic heterocycles. The number of nitrogens with zero attached hydrogens (tertiary/aromatic N) is 1. The summed E-state index contributed by atoms with van der Waals surface area (Å²) in [6.45, 7) is 8.15. The zero-order valence-electron chi connectivity index (χ0n) is 11.2.